The molecule has 5 atom stereocenters. The molecular weight excluding hydrogens is 470 g/mol. The van der Waals surface area contributed by atoms with E-state index in [2.05, 4.69) is 6.92 Å². The number of aliphatic hydroxyl groups is 1. The summed E-state index contributed by atoms with van der Waals surface area (Å²) in [6.45, 7) is 4.24. The lowest BCUT2D eigenvalue weighted by Gasteiger charge is -2.35. The fraction of sp³-hybridized carbons (Fsp3) is 0.552. The number of carbonyl (C=O) groups excluding carboxylic acids is 3. The summed E-state index contributed by atoms with van der Waals surface area (Å²) in [5.74, 6) is -1.99. The van der Waals surface area contributed by atoms with Gasteiger partial charge in [0.15, 0.2) is 0 Å². The quantitative estimate of drug-likeness (QED) is 0.409. The van der Waals surface area contributed by atoms with Gasteiger partial charge in [-0.2, -0.15) is 0 Å². The van der Waals surface area contributed by atoms with Crippen LogP contribution in [0.2, 0.25) is 0 Å². The van der Waals surface area contributed by atoms with Crippen LogP contribution in [0.5, 0.6) is 0 Å². The highest BCUT2D eigenvalue weighted by atomic mass is 16.5. The van der Waals surface area contributed by atoms with Crippen molar-refractivity contribution in [2.24, 2.45) is 11.8 Å². The lowest BCUT2D eigenvalue weighted by Crippen LogP contribution is -2.55. The van der Waals surface area contributed by atoms with Gasteiger partial charge in [-0.25, -0.2) is 0 Å². The van der Waals surface area contributed by atoms with E-state index >= 15 is 0 Å². The summed E-state index contributed by atoms with van der Waals surface area (Å²) in [6, 6.07) is 8.97. The number of aliphatic hydroxyl groups excluding tert-OH is 1. The zero-order valence-corrected chi connectivity index (χ0v) is 21.5. The number of benzene rings is 1. The van der Waals surface area contributed by atoms with E-state index in [-0.39, 0.29) is 30.9 Å². The van der Waals surface area contributed by atoms with Crippen molar-refractivity contribution in [1.82, 2.24) is 14.7 Å². The first-order chi connectivity index (χ1) is 18.0. The standard InChI is InChI=1S/C29H37N3O5/c1-2-3-7-15-30-17-9-14-29-24(27(35)32(18-10-19-33)25(29)28(30)36)23-22(37-29)13-8-16-31(26(23)34)20-21-11-5-4-6-12-21/h4-6,8-9,11-14,22-25,33H,2-3,7,10,15-20H2,1H3/t22-,23+,24-,25?,29-/m0/s1. The van der Waals surface area contributed by atoms with Crippen LogP contribution in [-0.4, -0.2) is 88.1 Å². The number of unbranched alkanes of at least 4 members (excludes halogenated alkanes) is 2. The van der Waals surface area contributed by atoms with Crippen LogP contribution >= 0.6 is 0 Å². The molecule has 0 bridgehead atoms. The number of hydrogen-bond donors (Lipinski definition) is 1. The molecule has 4 aliphatic heterocycles. The molecule has 1 aromatic carbocycles. The molecule has 0 aromatic heterocycles. The normalized spacial score (nSPS) is 30.9. The van der Waals surface area contributed by atoms with Crippen LogP contribution in [0.15, 0.2) is 54.6 Å². The molecule has 3 amide bonds. The van der Waals surface area contributed by atoms with Crippen LogP contribution in [0.3, 0.4) is 0 Å². The van der Waals surface area contributed by atoms with Gasteiger partial charge in [0.1, 0.15) is 11.6 Å². The Morgan fingerprint density at radius 2 is 1.73 bits per heavy atom. The molecule has 2 saturated heterocycles. The van der Waals surface area contributed by atoms with Crippen LogP contribution in [0, 0.1) is 11.8 Å². The van der Waals surface area contributed by atoms with Crippen molar-refractivity contribution < 1.29 is 24.2 Å². The average molecular weight is 508 g/mol. The van der Waals surface area contributed by atoms with Crippen molar-refractivity contribution in [2.75, 3.05) is 32.8 Å². The van der Waals surface area contributed by atoms with Gasteiger partial charge >= 0.3 is 0 Å². The second-order valence-electron chi connectivity index (χ2n) is 10.5. The fourth-order valence-electron chi connectivity index (χ4n) is 6.42. The van der Waals surface area contributed by atoms with Crippen molar-refractivity contribution in [1.29, 1.82) is 0 Å². The molecule has 1 unspecified atom stereocenters. The van der Waals surface area contributed by atoms with Crippen LogP contribution in [0.1, 0.15) is 38.2 Å². The minimum absolute atomic E-state index is 0.0855. The molecule has 4 aliphatic rings. The van der Waals surface area contributed by atoms with Crippen molar-refractivity contribution in [3.8, 4) is 0 Å². The maximum Gasteiger partial charge on any atom is 0.249 e. The SMILES string of the molecule is CCCCCN1CC=C[C@]23O[C@H]4C=CCN(Cc5ccccc5)C(=O)[C@H]4[C@H]2C(=O)N(CCCO)C3C1=O. The molecular formula is C29H37N3O5. The number of ether oxygens (including phenoxy) is 1. The first-order valence-corrected chi connectivity index (χ1v) is 13.6. The van der Waals surface area contributed by atoms with E-state index in [0.717, 1.165) is 24.8 Å². The molecule has 198 valence electrons. The van der Waals surface area contributed by atoms with Gasteiger partial charge in [0.05, 0.1) is 17.9 Å². The van der Waals surface area contributed by atoms with Crippen molar-refractivity contribution in [3.63, 3.8) is 0 Å². The number of hydrogen-bond acceptors (Lipinski definition) is 5. The number of fused-ring (bicyclic) bond motifs is 2. The number of rotatable bonds is 9. The van der Waals surface area contributed by atoms with Crippen LogP contribution in [0.25, 0.3) is 0 Å². The Kier molecular flexibility index (Phi) is 7.49. The minimum Gasteiger partial charge on any atom is -0.396 e. The molecule has 4 heterocycles. The van der Waals surface area contributed by atoms with Gasteiger partial charge in [0, 0.05) is 39.3 Å². The van der Waals surface area contributed by atoms with Crippen LogP contribution in [-0.2, 0) is 25.7 Å². The van der Waals surface area contributed by atoms with Gasteiger partial charge in [-0.05, 0) is 18.4 Å². The summed E-state index contributed by atoms with van der Waals surface area (Å²) in [6.07, 6.45) is 10.4. The molecule has 0 radical (unpaired) electrons. The third-order valence-corrected chi connectivity index (χ3v) is 8.13. The molecule has 2 fully saturated rings. The second kappa shape index (κ2) is 10.8. The average Bonchev–Trinajstić information content (AvgIpc) is 3.22. The Morgan fingerprint density at radius 3 is 2.49 bits per heavy atom. The third kappa shape index (κ3) is 4.50. The first kappa shape index (κ1) is 25.7. The molecule has 5 rings (SSSR count). The zero-order chi connectivity index (χ0) is 26.0. The number of amides is 3. The van der Waals surface area contributed by atoms with Gasteiger partial charge < -0.3 is 24.5 Å². The summed E-state index contributed by atoms with van der Waals surface area (Å²) in [7, 11) is 0. The molecule has 1 N–H and O–H groups in total. The summed E-state index contributed by atoms with van der Waals surface area (Å²) < 4.78 is 6.64. The number of nitrogens with zero attached hydrogens (tertiary/aromatic N) is 3. The molecule has 8 heteroatoms. The van der Waals surface area contributed by atoms with Crippen molar-refractivity contribution in [2.45, 2.75) is 56.9 Å². The van der Waals surface area contributed by atoms with Gasteiger partial charge in [0.2, 0.25) is 17.7 Å². The molecule has 8 nitrogen and oxygen atoms in total. The molecule has 37 heavy (non-hydrogen) atoms. The highest BCUT2D eigenvalue weighted by Gasteiger charge is 2.71. The molecule has 0 saturated carbocycles. The Hall–Kier alpha value is -2.97. The Labute approximate surface area is 218 Å². The Bertz CT molecular complexity index is 1070. The number of likely N-dealkylation sites (tertiary alicyclic amines) is 1. The maximum absolute atomic E-state index is 14.0. The summed E-state index contributed by atoms with van der Waals surface area (Å²) in [5.41, 5.74) is -0.183. The maximum atomic E-state index is 14.0. The molecule has 1 aromatic rings. The smallest absolute Gasteiger partial charge is 0.249 e. The first-order valence-electron chi connectivity index (χ1n) is 13.6. The third-order valence-electron chi connectivity index (χ3n) is 8.13. The second-order valence-corrected chi connectivity index (χ2v) is 10.5. The highest BCUT2D eigenvalue weighted by molar-refractivity contribution is 5.99. The lowest BCUT2D eigenvalue weighted by molar-refractivity contribution is -0.148. The summed E-state index contributed by atoms with van der Waals surface area (Å²) in [4.78, 5) is 47.1. The van der Waals surface area contributed by atoms with Gasteiger partial charge in [-0.3, -0.25) is 14.4 Å². The van der Waals surface area contributed by atoms with E-state index in [1.54, 1.807) is 9.80 Å². The van der Waals surface area contributed by atoms with E-state index in [0.29, 0.717) is 32.6 Å². The molecule has 0 aliphatic carbocycles. The summed E-state index contributed by atoms with van der Waals surface area (Å²) >= 11 is 0. The minimum atomic E-state index is -1.20. The van der Waals surface area contributed by atoms with Gasteiger partial charge in [-0.1, -0.05) is 74.4 Å². The van der Waals surface area contributed by atoms with Crippen LogP contribution in [0.4, 0.5) is 0 Å². The van der Waals surface area contributed by atoms with Crippen molar-refractivity contribution in [3.05, 3.63) is 60.2 Å². The predicted molar refractivity (Wildman–Crippen MR) is 138 cm³/mol. The van der Waals surface area contributed by atoms with Gasteiger partial charge in [-0.15, -0.1) is 0 Å². The largest absolute Gasteiger partial charge is 0.396 e. The van der Waals surface area contributed by atoms with E-state index in [9.17, 15) is 19.5 Å². The molecule has 1 spiro atoms. The van der Waals surface area contributed by atoms with E-state index < -0.39 is 29.6 Å². The summed E-state index contributed by atoms with van der Waals surface area (Å²) in [5, 5.41) is 9.52. The van der Waals surface area contributed by atoms with E-state index in [1.807, 2.05) is 59.5 Å². The van der Waals surface area contributed by atoms with Crippen molar-refractivity contribution >= 4 is 17.7 Å². The van der Waals surface area contributed by atoms with Gasteiger partial charge in [0.25, 0.3) is 0 Å². The van der Waals surface area contributed by atoms with Crippen LogP contribution < -0.4 is 0 Å². The lowest BCUT2D eigenvalue weighted by atomic mass is 9.77. The van der Waals surface area contributed by atoms with E-state index in [1.165, 1.54) is 0 Å². The Balaban J connectivity index is 1.49. The monoisotopic (exact) mass is 507 g/mol. The Morgan fingerprint density at radius 1 is 0.946 bits per heavy atom. The predicted octanol–water partition coefficient (Wildman–Crippen LogP) is 2.14. The fourth-order valence-corrected chi connectivity index (χ4v) is 6.42. The van der Waals surface area contributed by atoms with E-state index in [4.69, 9.17) is 4.74 Å². The highest BCUT2D eigenvalue weighted by Crippen LogP contribution is 2.53. The topological polar surface area (TPSA) is 90.4 Å². The zero-order valence-electron chi connectivity index (χ0n) is 21.5. The number of carbonyl (C=O) groups is 3.